The molecule has 7 heteroatoms. The molecule has 0 spiro atoms. The van der Waals surface area contributed by atoms with Crippen molar-refractivity contribution in [3.05, 3.63) is 52.3 Å². The lowest BCUT2D eigenvalue weighted by Gasteiger charge is -2.35. The SMILES string of the molecule is Cc1nn(Cc2ccccc2)c(Cl)c1C(=O)NCC(CC(C)C)N1CCOCC1. The summed E-state index contributed by atoms with van der Waals surface area (Å²) in [5.41, 5.74) is 2.20. The molecule has 6 nitrogen and oxygen atoms in total. The van der Waals surface area contributed by atoms with Crippen LogP contribution in [-0.2, 0) is 11.3 Å². The molecule has 0 bridgehead atoms. The monoisotopic (exact) mass is 418 g/mol. The summed E-state index contributed by atoms with van der Waals surface area (Å²) in [6.45, 7) is 10.7. The van der Waals surface area contributed by atoms with E-state index in [9.17, 15) is 4.79 Å². The van der Waals surface area contributed by atoms with E-state index in [2.05, 4.69) is 29.2 Å². The Morgan fingerprint density at radius 3 is 2.59 bits per heavy atom. The number of benzene rings is 1. The van der Waals surface area contributed by atoms with Gasteiger partial charge in [-0.05, 0) is 24.8 Å². The zero-order valence-corrected chi connectivity index (χ0v) is 18.3. The molecule has 1 N–H and O–H groups in total. The number of aryl methyl sites for hydroxylation is 1. The van der Waals surface area contributed by atoms with Gasteiger partial charge in [0.2, 0.25) is 0 Å². The van der Waals surface area contributed by atoms with Crippen LogP contribution in [-0.4, -0.2) is 59.5 Å². The number of rotatable bonds is 8. The van der Waals surface area contributed by atoms with Crippen molar-refractivity contribution in [3.8, 4) is 0 Å². The number of hydrogen-bond acceptors (Lipinski definition) is 4. The zero-order chi connectivity index (χ0) is 20.8. The van der Waals surface area contributed by atoms with Crippen LogP contribution in [0.1, 0.15) is 41.9 Å². The van der Waals surface area contributed by atoms with Gasteiger partial charge in [0, 0.05) is 25.7 Å². The van der Waals surface area contributed by atoms with Crippen LogP contribution in [0, 0.1) is 12.8 Å². The molecule has 1 amide bonds. The Labute approximate surface area is 178 Å². The summed E-state index contributed by atoms with van der Waals surface area (Å²) in [4.78, 5) is 15.3. The molecule has 1 aliphatic rings. The van der Waals surface area contributed by atoms with Gasteiger partial charge in [-0.3, -0.25) is 9.69 Å². The average Bonchev–Trinajstić information content (AvgIpc) is 2.99. The second kappa shape index (κ2) is 10.2. The Morgan fingerprint density at radius 2 is 1.93 bits per heavy atom. The smallest absolute Gasteiger partial charge is 0.256 e. The number of ether oxygens (including phenoxy) is 1. The first kappa shape index (κ1) is 21.8. The van der Waals surface area contributed by atoms with Crippen LogP contribution in [0.4, 0.5) is 0 Å². The van der Waals surface area contributed by atoms with E-state index in [4.69, 9.17) is 16.3 Å². The Balaban J connectivity index is 1.67. The van der Waals surface area contributed by atoms with Crippen LogP contribution in [0.5, 0.6) is 0 Å². The molecule has 1 fully saturated rings. The van der Waals surface area contributed by atoms with E-state index < -0.39 is 0 Å². The normalized spacial score (nSPS) is 16.2. The number of morpholine rings is 1. The van der Waals surface area contributed by atoms with Crippen molar-refractivity contribution in [2.24, 2.45) is 5.92 Å². The fourth-order valence-corrected chi connectivity index (χ4v) is 4.14. The molecule has 1 unspecified atom stereocenters. The summed E-state index contributed by atoms with van der Waals surface area (Å²) >= 11 is 6.54. The summed E-state index contributed by atoms with van der Waals surface area (Å²) in [5, 5.41) is 7.98. The van der Waals surface area contributed by atoms with Gasteiger partial charge >= 0.3 is 0 Å². The van der Waals surface area contributed by atoms with Crippen LogP contribution < -0.4 is 5.32 Å². The van der Waals surface area contributed by atoms with E-state index in [0.29, 0.717) is 41.5 Å². The molecule has 158 valence electrons. The van der Waals surface area contributed by atoms with E-state index in [1.165, 1.54) is 0 Å². The van der Waals surface area contributed by atoms with Gasteiger partial charge < -0.3 is 10.1 Å². The fraction of sp³-hybridized carbons (Fsp3) is 0.545. The Hall–Kier alpha value is -1.89. The van der Waals surface area contributed by atoms with Crippen LogP contribution in [0.2, 0.25) is 5.15 Å². The minimum Gasteiger partial charge on any atom is -0.379 e. The third-order valence-electron chi connectivity index (χ3n) is 5.27. The van der Waals surface area contributed by atoms with E-state index in [0.717, 1.165) is 38.3 Å². The Bertz CT molecular complexity index is 801. The lowest BCUT2D eigenvalue weighted by Crippen LogP contribution is -2.49. The van der Waals surface area contributed by atoms with Crippen molar-refractivity contribution >= 4 is 17.5 Å². The van der Waals surface area contributed by atoms with Gasteiger partial charge in [-0.15, -0.1) is 0 Å². The molecule has 3 rings (SSSR count). The van der Waals surface area contributed by atoms with Crippen molar-refractivity contribution in [1.29, 1.82) is 0 Å². The fourth-order valence-electron chi connectivity index (χ4n) is 3.82. The van der Waals surface area contributed by atoms with Gasteiger partial charge in [-0.1, -0.05) is 55.8 Å². The Kier molecular flexibility index (Phi) is 7.70. The lowest BCUT2D eigenvalue weighted by molar-refractivity contribution is 0.0124. The highest BCUT2D eigenvalue weighted by atomic mass is 35.5. The minimum absolute atomic E-state index is 0.158. The quantitative estimate of drug-likeness (QED) is 0.714. The van der Waals surface area contributed by atoms with E-state index >= 15 is 0 Å². The second-order valence-electron chi connectivity index (χ2n) is 8.04. The van der Waals surface area contributed by atoms with Crippen LogP contribution in [0.15, 0.2) is 30.3 Å². The maximum atomic E-state index is 12.9. The molecule has 1 aromatic carbocycles. The number of carbonyl (C=O) groups is 1. The zero-order valence-electron chi connectivity index (χ0n) is 17.5. The van der Waals surface area contributed by atoms with Gasteiger partial charge in [-0.2, -0.15) is 5.10 Å². The number of halogens is 1. The highest BCUT2D eigenvalue weighted by molar-refractivity contribution is 6.33. The van der Waals surface area contributed by atoms with Crippen molar-refractivity contribution in [2.45, 2.75) is 39.8 Å². The topological polar surface area (TPSA) is 59.4 Å². The van der Waals surface area contributed by atoms with Crippen molar-refractivity contribution in [2.75, 3.05) is 32.8 Å². The first-order valence-electron chi connectivity index (χ1n) is 10.3. The summed E-state index contributed by atoms with van der Waals surface area (Å²) in [7, 11) is 0. The van der Waals surface area contributed by atoms with E-state index in [-0.39, 0.29) is 5.91 Å². The number of nitrogens with one attached hydrogen (secondary N) is 1. The van der Waals surface area contributed by atoms with Gasteiger partial charge in [0.25, 0.3) is 5.91 Å². The summed E-state index contributed by atoms with van der Waals surface area (Å²) < 4.78 is 7.16. The molecule has 0 radical (unpaired) electrons. The van der Waals surface area contributed by atoms with E-state index in [1.54, 1.807) is 4.68 Å². The van der Waals surface area contributed by atoms with Crippen molar-refractivity contribution < 1.29 is 9.53 Å². The molecule has 0 saturated carbocycles. The van der Waals surface area contributed by atoms with Gasteiger partial charge in [-0.25, -0.2) is 4.68 Å². The molecule has 1 aliphatic heterocycles. The summed E-state index contributed by atoms with van der Waals surface area (Å²) in [6, 6.07) is 10.3. The highest BCUT2D eigenvalue weighted by Gasteiger charge is 2.25. The second-order valence-corrected chi connectivity index (χ2v) is 8.39. The molecule has 1 aromatic heterocycles. The molecule has 2 aromatic rings. The van der Waals surface area contributed by atoms with Crippen LogP contribution in [0.25, 0.3) is 0 Å². The molecular formula is C22H31ClN4O2. The van der Waals surface area contributed by atoms with Gasteiger partial charge in [0.1, 0.15) is 5.15 Å². The third kappa shape index (κ3) is 5.81. The van der Waals surface area contributed by atoms with Crippen LogP contribution in [0.3, 0.4) is 0 Å². The van der Waals surface area contributed by atoms with Crippen molar-refractivity contribution in [3.63, 3.8) is 0 Å². The minimum atomic E-state index is -0.158. The molecule has 1 atom stereocenters. The standard InChI is InChI=1S/C22H31ClN4O2/c1-16(2)13-19(26-9-11-29-12-10-26)14-24-22(28)20-17(3)25-27(21(20)23)15-18-7-5-4-6-8-18/h4-8,16,19H,9-15H2,1-3H3,(H,24,28). The van der Waals surface area contributed by atoms with E-state index in [1.807, 2.05) is 37.3 Å². The third-order valence-corrected chi connectivity index (χ3v) is 5.66. The summed E-state index contributed by atoms with van der Waals surface area (Å²) in [5.74, 6) is 0.396. The first-order valence-corrected chi connectivity index (χ1v) is 10.7. The van der Waals surface area contributed by atoms with Gasteiger partial charge in [0.15, 0.2) is 0 Å². The molecule has 2 heterocycles. The Morgan fingerprint density at radius 1 is 1.24 bits per heavy atom. The molecule has 1 saturated heterocycles. The first-order chi connectivity index (χ1) is 14.0. The largest absolute Gasteiger partial charge is 0.379 e. The lowest BCUT2D eigenvalue weighted by atomic mass is 10.0. The number of carbonyl (C=O) groups excluding carboxylic acids is 1. The summed E-state index contributed by atoms with van der Waals surface area (Å²) in [6.07, 6.45) is 1.03. The van der Waals surface area contributed by atoms with Crippen LogP contribution >= 0.6 is 11.6 Å². The molecular weight excluding hydrogens is 388 g/mol. The number of nitrogens with zero attached hydrogens (tertiary/aromatic N) is 3. The van der Waals surface area contributed by atoms with Gasteiger partial charge in [0.05, 0.1) is 31.0 Å². The molecule has 0 aliphatic carbocycles. The molecule has 29 heavy (non-hydrogen) atoms. The predicted molar refractivity (Wildman–Crippen MR) is 115 cm³/mol. The number of amides is 1. The maximum Gasteiger partial charge on any atom is 0.256 e. The average molecular weight is 419 g/mol. The maximum absolute atomic E-state index is 12.9. The highest BCUT2D eigenvalue weighted by Crippen LogP contribution is 2.21. The van der Waals surface area contributed by atoms with Crippen molar-refractivity contribution in [1.82, 2.24) is 20.0 Å². The number of hydrogen-bond donors (Lipinski definition) is 1. The number of aromatic nitrogens is 2. The predicted octanol–water partition coefficient (Wildman–Crippen LogP) is 3.37.